The topological polar surface area (TPSA) is 102 Å². The molecule has 0 spiro atoms. The predicted octanol–water partition coefficient (Wildman–Crippen LogP) is 6.24. The maximum atomic E-state index is 12.3. The van der Waals surface area contributed by atoms with Crippen molar-refractivity contribution in [3.8, 4) is 0 Å². The van der Waals surface area contributed by atoms with Crippen molar-refractivity contribution < 1.29 is 4.79 Å². The molecule has 3 aliphatic carbocycles. The Balaban J connectivity index is 1.51. The van der Waals surface area contributed by atoms with Crippen molar-refractivity contribution in [1.29, 1.82) is 0 Å². The van der Waals surface area contributed by atoms with Crippen LogP contribution in [-0.2, 0) is 12.0 Å². The van der Waals surface area contributed by atoms with Crippen molar-refractivity contribution in [2.45, 2.75) is 89.6 Å². The summed E-state index contributed by atoms with van der Waals surface area (Å²) in [5, 5.41) is 6.22. The summed E-state index contributed by atoms with van der Waals surface area (Å²) in [5.41, 5.74) is 2.43. The minimum atomic E-state index is -0.956. The number of hydrogen-bond acceptors (Lipinski definition) is 6. The number of nitrogens with one attached hydrogen (secondary N) is 1. The summed E-state index contributed by atoms with van der Waals surface area (Å²) in [6.45, 7) is 5.39. The van der Waals surface area contributed by atoms with Crippen LogP contribution in [0.25, 0.3) is 11.2 Å². The highest BCUT2D eigenvalue weighted by Gasteiger charge is 2.50. The predicted molar refractivity (Wildman–Crippen MR) is 143 cm³/mol. The number of nitroso groups, excluding NO2 is 1. The van der Waals surface area contributed by atoms with E-state index < -0.39 is 5.91 Å². The first kappa shape index (κ1) is 24.2. The molecule has 6 rings (SSSR count). The third kappa shape index (κ3) is 4.44. The van der Waals surface area contributed by atoms with Crippen LogP contribution >= 0.6 is 0 Å². The molecule has 0 bridgehead atoms. The lowest BCUT2D eigenvalue weighted by atomic mass is 9.80. The van der Waals surface area contributed by atoms with Gasteiger partial charge in [0, 0.05) is 17.8 Å². The van der Waals surface area contributed by atoms with Gasteiger partial charge in [0.05, 0.1) is 5.41 Å². The molecule has 2 heterocycles. The molecule has 3 saturated carbocycles. The van der Waals surface area contributed by atoms with Crippen LogP contribution in [0.15, 0.2) is 35.5 Å². The monoisotopic (exact) mass is 500 g/mol. The number of anilines is 1. The summed E-state index contributed by atoms with van der Waals surface area (Å²) in [4.78, 5) is 37.6. The third-order valence-corrected chi connectivity index (χ3v) is 9.18. The Labute approximate surface area is 217 Å². The second-order valence-corrected chi connectivity index (χ2v) is 11.7. The van der Waals surface area contributed by atoms with Gasteiger partial charge in [-0.2, -0.15) is 0 Å². The van der Waals surface area contributed by atoms with Crippen LogP contribution < -0.4 is 5.32 Å². The van der Waals surface area contributed by atoms with Crippen LogP contribution in [0.3, 0.4) is 0 Å². The molecule has 194 valence electrons. The van der Waals surface area contributed by atoms with E-state index in [2.05, 4.69) is 63.1 Å². The first-order valence-corrected chi connectivity index (χ1v) is 14.0. The molecule has 1 atom stereocenters. The van der Waals surface area contributed by atoms with Gasteiger partial charge in [0.1, 0.15) is 11.3 Å². The summed E-state index contributed by atoms with van der Waals surface area (Å²) in [6, 6.07) is 10.8. The fraction of sp³-hybridized carbons (Fsp3) is 0.586. The maximum absolute atomic E-state index is 12.3. The number of imidazole rings is 1. The molecule has 1 unspecified atom stereocenters. The van der Waals surface area contributed by atoms with Crippen molar-refractivity contribution in [3.05, 3.63) is 52.5 Å². The van der Waals surface area contributed by atoms with E-state index in [9.17, 15) is 9.70 Å². The zero-order valence-electron chi connectivity index (χ0n) is 21.8. The zero-order valence-corrected chi connectivity index (χ0v) is 21.8. The normalized spacial score (nSPS) is 23.8. The van der Waals surface area contributed by atoms with Gasteiger partial charge in [-0.1, -0.05) is 56.5 Å². The van der Waals surface area contributed by atoms with Crippen molar-refractivity contribution in [3.63, 3.8) is 0 Å². The Morgan fingerprint density at radius 3 is 2.43 bits per heavy atom. The van der Waals surface area contributed by atoms with E-state index in [-0.39, 0.29) is 17.3 Å². The molecule has 8 nitrogen and oxygen atoms in total. The number of benzene rings is 1. The highest BCUT2D eigenvalue weighted by atomic mass is 16.3. The molecule has 1 amide bonds. The molecule has 3 fully saturated rings. The van der Waals surface area contributed by atoms with E-state index in [0.717, 1.165) is 36.6 Å². The zero-order chi connectivity index (χ0) is 25.6. The Morgan fingerprint density at radius 2 is 1.81 bits per heavy atom. The van der Waals surface area contributed by atoms with Crippen molar-refractivity contribution in [2.24, 2.45) is 22.9 Å². The van der Waals surface area contributed by atoms with Crippen LogP contribution in [-0.4, -0.2) is 31.5 Å². The molecule has 1 N–H and O–H groups in total. The largest absolute Gasteiger partial charge is 0.365 e. The van der Waals surface area contributed by atoms with Gasteiger partial charge < -0.3 is 9.88 Å². The Morgan fingerprint density at radius 1 is 1.08 bits per heavy atom. The van der Waals surface area contributed by atoms with Crippen LogP contribution in [0.1, 0.15) is 93.6 Å². The number of carbonyl (C=O) groups excluding carboxylic acids is 1. The van der Waals surface area contributed by atoms with Crippen LogP contribution in [0.4, 0.5) is 5.82 Å². The molecular formula is C29H36N6O2. The minimum Gasteiger partial charge on any atom is -0.365 e. The average molecular weight is 501 g/mol. The van der Waals surface area contributed by atoms with Crippen LogP contribution in [0.2, 0.25) is 0 Å². The first-order chi connectivity index (χ1) is 18.0. The van der Waals surface area contributed by atoms with Gasteiger partial charge >= 0.3 is 5.91 Å². The van der Waals surface area contributed by atoms with Crippen LogP contribution in [0.5, 0.6) is 0 Å². The number of nitrogens with zero attached hydrogens (tertiary/aromatic N) is 5. The van der Waals surface area contributed by atoms with Gasteiger partial charge in [-0.25, -0.2) is 15.0 Å². The molecule has 8 heteroatoms. The van der Waals surface area contributed by atoms with E-state index in [1.54, 1.807) is 0 Å². The summed E-state index contributed by atoms with van der Waals surface area (Å²) >= 11 is 0. The van der Waals surface area contributed by atoms with Crippen molar-refractivity contribution >= 4 is 22.9 Å². The number of fused-ring (bicyclic) bond motifs is 1. The fourth-order valence-corrected chi connectivity index (χ4v) is 6.38. The quantitative estimate of drug-likeness (QED) is 0.367. The van der Waals surface area contributed by atoms with E-state index in [1.807, 2.05) is 6.07 Å². The molecule has 0 radical (unpaired) electrons. The van der Waals surface area contributed by atoms with Crippen molar-refractivity contribution in [2.75, 3.05) is 5.32 Å². The molecule has 0 saturated heterocycles. The number of amides is 1. The molecule has 3 aliphatic rings. The molecule has 2 aromatic heterocycles. The average Bonchev–Trinajstić information content (AvgIpc) is 3.60. The lowest BCUT2D eigenvalue weighted by Gasteiger charge is -2.32. The highest BCUT2D eigenvalue weighted by molar-refractivity contribution is 5.95. The molecule has 3 aromatic rings. The summed E-state index contributed by atoms with van der Waals surface area (Å²) in [5.74, 6) is 2.38. The standard InChI is InChI=1S/C29H36N6O2/c1-18-11-13-20(14-12-18)17-35-23-24(30-19(2)21-7-6-8-21)31-26(27(36)34-37)32-25(23)33-28(35)29(15-16-29)22-9-4-3-5-10-22/h3-5,9-10,18-21H,6-8,11-17H2,1-2H3,(H,30,31,32). The highest BCUT2D eigenvalue weighted by Crippen LogP contribution is 2.54. The lowest BCUT2D eigenvalue weighted by Crippen LogP contribution is -2.31. The van der Waals surface area contributed by atoms with Gasteiger partial charge in [0.2, 0.25) is 5.82 Å². The summed E-state index contributed by atoms with van der Waals surface area (Å²) < 4.78 is 2.36. The molecule has 0 aliphatic heterocycles. The third-order valence-electron chi connectivity index (χ3n) is 9.18. The molecular weight excluding hydrogens is 464 g/mol. The van der Waals surface area contributed by atoms with Gasteiger partial charge in [0.25, 0.3) is 0 Å². The van der Waals surface area contributed by atoms with Gasteiger partial charge in [-0.3, -0.25) is 4.79 Å². The van der Waals surface area contributed by atoms with E-state index in [1.165, 1.54) is 50.5 Å². The molecule has 1 aromatic carbocycles. The Hall–Kier alpha value is -3.16. The van der Waals surface area contributed by atoms with E-state index >= 15 is 0 Å². The number of aromatic nitrogens is 4. The van der Waals surface area contributed by atoms with E-state index in [4.69, 9.17) is 4.98 Å². The molecule has 37 heavy (non-hydrogen) atoms. The smallest absolute Gasteiger partial charge is 0.353 e. The fourth-order valence-electron chi connectivity index (χ4n) is 6.38. The SMILES string of the molecule is CC1CCC(Cn2c(C3(c4ccccc4)CC3)nc3nc(C(=O)N=O)nc(NC(C)C4CCC4)c32)CC1. The second-order valence-electron chi connectivity index (χ2n) is 11.7. The number of carbonyl (C=O) groups is 1. The van der Waals surface area contributed by atoms with Crippen LogP contribution in [0, 0.1) is 22.7 Å². The van der Waals surface area contributed by atoms with Gasteiger partial charge in [-0.15, -0.1) is 4.91 Å². The lowest BCUT2D eigenvalue weighted by molar-refractivity contribution is 0.0991. The Kier molecular flexibility index (Phi) is 6.29. The van der Waals surface area contributed by atoms with Gasteiger partial charge in [0.15, 0.2) is 11.5 Å². The minimum absolute atomic E-state index is 0.159. The summed E-state index contributed by atoms with van der Waals surface area (Å²) in [6.07, 6.45) is 10.6. The first-order valence-electron chi connectivity index (χ1n) is 14.0. The van der Waals surface area contributed by atoms with Crippen molar-refractivity contribution in [1.82, 2.24) is 19.5 Å². The summed E-state index contributed by atoms with van der Waals surface area (Å²) in [7, 11) is 0. The maximum Gasteiger partial charge on any atom is 0.353 e. The number of hydrogen-bond donors (Lipinski definition) is 1. The second kappa shape index (κ2) is 9.62. The number of rotatable bonds is 8. The Bertz CT molecular complexity index is 1300. The van der Waals surface area contributed by atoms with Gasteiger partial charge in [-0.05, 0) is 68.8 Å². The van der Waals surface area contributed by atoms with E-state index in [0.29, 0.717) is 23.3 Å².